The van der Waals surface area contributed by atoms with Crippen LogP contribution in [0.25, 0.3) is 10.6 Å². The van der Waals surface area contributed by atoms with Crippen molar-refractivity contribution >= 4 is 34.6 Å². The van der Waals surface area contributed by atoms with Crippen LogP contribution in [0.1, 0.15) is 28.2 Å². The van der Waals surface area contributed by atoms with Gasteiger partial charge in [0.1, 0.15) is 21.5 Å². The highest BCUT2D eigenvalue weighted by Crippen LogP contribution is 2.36. The molecule has 3 aromatic heterocycles. The quantitative estimate of drug-likeness (QED) is 0.737. The normalized spacial score (nSPS) is 16.5. The van der Waals surface area contributed by atoms with Crippen molar-refractivity contribution < 1.29 is 4.79 Å². The minimum absolute atomic E-state index is 0.0294. The van der Waals surface area contributed by atoms with Gasteiger partial charge in [0.05, 0.1) is 23.1 Å². The Hall–Kier alpha value is -3.00. The van der Waals surface area contributed by atoms with E-state index in [0.717, 1.165) is 40.9 Å². The predicted molar refractivity (Wildman–Crippen MR) is 111 cm³/mol. The number of aromatic nitrogens is 3. The van der Waals surface area contributed by atoms with Gasteiger partial charge in [-0.05, 0) is 37.1 Å². The lowest BCUT2D eigenvalue weighted by atomic mass is 10.1. The summed E-state index contributed by atoms with van der Waals surface area (Å²) in [5.74, 6) is 1.35. The maximum absolute atomic E-state index is 13.0. The van der Waals surface area contributed by atoms with Gasteiger partial charge < -0.3 is 15.5 Å². The SMILES string of the molecule is Nc1nc(N2CCCC2)ccc1-c1nc2c(s1)C(=O)N(c1cccnc1)CC2. The van der Waals surface area contributed by atoms with Gasteiger partial charge in [0.15, 0.2) is 0 Å². The van der Waals surface area contributed by atoms with Gasteiger partial charge >= 0.3 is 0 Å². The standard InChI is InChI=1S/C20H20N6OS/c21-18-14(5-6-16(24-18)25-9-1-2-10-25)19-23-15-7-11-26(20(27)17(15)28-19)13-4-3-8-22-12-13/h3-6,8,12H,1-2,7,9-11H2,(H2,21,24). The van der Waals surface area contributed by atoms with E-state index in [9.17, 15) is 4.79 Å². The molecule has 7 nitrogen and oxygen atoms in total. The summed E-state index contributed by atoms with van der Waals surface area (Å²) in [5, 5.41) is 0.754. The minimum atomic E-state index is -0.0294. The van der Waals surface area contributed by atoms with E-state index in [2.05, 4.69) is 14.9 Å². The predicted octanol–water partition coefficient (Wildman–Crippen LogP) is 2.99. The molecule has 1 fully saturated rings. The van der Waals surface area contributed by atoms with E-state index in [1.807, 2.05) is 24.3 Å². The lowest BCUT2D eigenvalue weighted by Gasteiger charge is -2.25. The van der Waals surface area contributed by atoms with Crippen molar-refractivity contribution in [2.75, 3.05) is 35.2 Å². The maximum Gasteiger partial charge on any atom is 0.270 e. The van der Waals surface area contributed by atoms with Gasteiger partial charge in [-0.25, -0.2) is 9.97 Å². The summed E-state index contributed by atoms with van der Waals surface area (Å²) in [6, 6.07) is 7.71. The van der Waals surface area contributed by atoms with Crippen LogP contribution in [0.3, 0.4) is 0 Å². The topological polar surface area (TPSA) is 88.2 Å². The number of amides is 1. The Bertz CT molecular complexity index is 1030. The van der Waals surface area contributed by atoms with Crippen LogP contribution < -0.4 is 15.5 Å². The summed E-state index contributed by atoms with van der Waals surface area (Å²) in [7, 11) is 0. The van der Waals surface area contributed by atoms with E-state index in [1.165, 1.54) is 24.2 Å². The average molecular weight is 392 g/mol. The van der Waals surface area contributed by atoms with E-state index in [-0.39, 0.29) is 5.91 Å². The summed E-state index contributed by atoms with van der Waals surface area (Å²) >= 11 is 1.39. The van der Waals surface area contributed by atoms with Gasteiger partial charge in [-0.2, -0.15) is 0 Å². The summed E-state index contributed by atoms with van der Waals surface area (Å²) in [5.41, 5.74) is 8.70. The molecule has 5 heterocycles. The molecular weight excluding hydrogens is 372 g/mol. The van der Waals surface area contributed by atoms with Crippen molar-refractivity contribution in [1.82, 2.24) is 15.0 Å². The highest BCUT2D eigenvalue weighted by Gasteiger charge is 2.30. The van der Waals surface area contributed by atoms with E-state index in [0.29, 0.717) is 23.7 Å². The van der Waals surface area contributed by atoms with Crippen molar-refractivity contribution in [3.8, 4) is 10.6 Å². The molecule has 0 unspecified atom stereocenters. The fourth-order valence-electron chi connectivity index (χ4n) is 3.77. The zero-order valence-corrected chi connectivity index (χ0v) is 16.2. The van der Waals surface area contributed by atoms with Gasteiger partial charge in [0.2, 0.25) is 0 Å². The molecule has 0 radical (unpaired) electrons. The minimum Gasteiger partial charge on any atom is -0.383 e. The molecule has 0 atom stereocenters. The molecule has 0 bridgehead atoms. The van der Waals surface area contributed by atoms with E-state index in [4.69, 9.17) is 10.7 Å². The first-order valence-electron chi connectivity index (χ1n) is 9.44. The van der Waals surface area contributed by atoms with Gasteiger partial charge in [-0.1, -0.05) is 0 Å². The first-order chi connectivity index (χ1) is 13.7. The molecular formula is C20H20N6OS. The second-order valence-electron chi connectivity index (χ2n) is 7.01. The van der Waals surface area contributed by atoms with Crippen molar-refractivity contribution in [3.63, 3.8) is 0 Å². The van der Waals surface area contributed by atoms with Crippen LogP contribution in [0.2, 0.25) is 0 Å². The fourth-order valence-corrected chi connectivity index (χ4v) is 4.87. The molecule has 28 heavy (non-hydrogen) atoms. The van der Waals surface area contributed by atoms with Gasteiger partial charge in [0.25, 0.3) is 5.91 Å². The Morgan fingerprint density at radius 2 is 1.93 bits per heavy atom. The Labute approximate surface area is 166 Å². The molecule has 8 heteroatoms. The van der Waals surface area contributed by atoms with Gasteiger partial charge in [0, 0.05) is 32.3 Å². The number of nitrogens with zero attached hydrogens (tertiary/aromatic N) is 5. The van der Waals surface area contributed by atoms with Crippen LogP contribution in [0, 0.1) is 0 Å². The van der Waals surface area contributed by atoms with Gasteiger partial charge in [-0.15, -0.1) is 11.3 Å². The van der Waals surface area contributed by atoms with E-state index in [1.54, 1.807) is 17.3 Å². The van der Waals surface area contributed by atoms with E-state index >= 15 is 0 Å². The first-order valence-corrected chi connectivity index (χ1v) is 10.3. The van der Waals surface area contributed by atoms with E-state index < -0.39 is 0 Å². The maximum atomic E-state index is 13.0. The number of anilines is 3. The van der Waals surface area contributed by atoms with Crippen molar-refractivity contribution in [1.29, 1.82) is 0 Å². The fraction of sp³-hybridized carbons (Fsp3) is 0.300. The number of thiazole rings is 1. The monoisotopic (exact) mass is 392 g/mol. The average Bonchev–Trinajstić information content (AvgIpc) is 3.39. The number of nitrogen functional groups attached to an aromatic ring is 1. The molecule has 5 rings (SSSR count). The number of hydrogen-bond acceptors (Lipinski definition) is 7. The molecule has 142 valence electrons. The van der Waals surface area contributed by atoms with Crippen molar-refractivity contribution in [3.05, 3.63) is 47.2 Å². The Morgan fingerprint density at radius 3 is 2.68 bits per heavy atom. The van der Waals surface area contributed by atoms with Crippen LogP contribution in [0.15, 0.2) is 36.7 Å². The van der Waals surface area contributed by atoms with Crippen LogP contribution in [-0.2, 0) is 6.42 Å². The lowest BCUT2D eigenvalue weighted by molar-refractivity contribution is 0.0984. The Morgan fingerprint density at radius 1 is 1.07 bits per heavy atom. The van der Waals surface area contributed by atoms with Crippen LogP contribution >= 0.6 is 11.3 Å². The zero-order valence-electron chi connectivity index (χ0n) is 15.3. The molecule has 1 amide bonds. The highest BCUT2D eigenvalue weighted by molar-refractivity contribution is 7.17. The number of hydrogen-bond donors (Lipinski definition) is 1. The van der Waals surface area contributed by atoms with Crippen LogP contribution in [-0.4, -0.2) is 40.5 Å². The second-order valence-corrected chi connectivity index (χ2v) is 8.01. The number of pyridine rings is 2. The van der Waals surface area contributed by atoms with Crippen molar-refractivity contribution in [2.45, 2.75) is 19.3 Å². The lowest BCUT2D eigenvalue weighted by Crippen LogP contribution is -2.36. The molecule has 1 saturated heterocycles. The van der Waals surface area contributed by atoms with Crippen LogP contribution in [0.5, 0.6) is 0 Å². The summed E-state index contributed by atoms with van der Waals surface area (Å²) in [6.07, 6.45) is 6.52. The third kappa shape index (κ3) is 2.90. The molecule has 2 aliphatic rings. The first kappa shape index (κ1) is 17.1. The Balaban J connectivity index is 1.45. The smallest absolute Gasteiger partial charge is 0.270 e. The van der Waals surface area contributed by atoms with Crippen molar-refractivity contribution in [2.24, 2.45) is 0 Å². The zero-order chi connectivity index (χ0) is 19.1. The molecule has 2 N–H and O–H groups in total. The third-order valence-electron chi connectivity index (χ3n) is 5.24. The van der Waals surface area contributed by atoms with Gasteiger partial charge in [-0.3, -0.25) is 9.78 Å². The Kier molecular flexibility index (Phi) is 4.20. The molecule has 2 aliphatic heterocycles. The number of rotatable bonds is 3. The summed E-state index contributed by atoms with van der Waals surface area (Å²) < 4.78 is 0. The summed E-state index contributed by atoms with van der Waals surface area (Å²) in [6.45, 7) is 2.65. The highest BCUT2D eigenvalue weighted by atomic mass is 32.1. The molecule has 0 spiro atoms. The molecule has 0 saturated carbocycles. The molecule has 0 aromatic carbocycles. The summed E-state index contributed by atoms with van der Waals surface area (Å²) in [4.78, 5) is 31.1. The largest absolute Gasteiger partial charge is 0.383 e. The van der Waals surface area contributed by atoms with Crippen LogP contribution in [0.4, 0.5) is 17.3 Å². The number of carbonyl (C=O) groups is 1. The molecule has 0 aliphatic carbocycles. The number of carbonyl (C=O) groups excluding carboxylic acids is 1. The number of nitrogens with two attached hydrogens (primary N) is 1. The number of fused-ring (bicyclic) bond motifs is 1. The second kappa shape index (κ2) is 6.87. The third-order valence-corrected chi connectivity index (χ3v) is 6.36. The molecule has 3 aromatic rings.